The number of hydrogen-bond donors (Lipinski definition) is 2. The fourth-order valence-electron chi connectivity index (χ4n) is 5.60. The molecule has 0 spiro atoms. The number of carbonyl (C=O) groups is 2. The minimum absolute atomic E-state index is 0.00436. The summed E-state index contributed by atoms with van der Waals surface area (Å²) in [6.07, 6.45) is 5.22. The Labute approximate surface area is 211 Å². The summed E-state index contributed by atoms with van der Waals surface area (Å²) >= 11 is 0. The van der Waals surface area contributed by atoms with Gasteiger partial charge in [-0.2, -0.15) is 5.10 Å². The SMILES string of the molecule is Cc1ccc(CCNC(=O)CCC2=NNC3N(Cc4ccc(F)cc4)C(=O)C4CCCCC4N23)cc1. The quantitative estimate of drug-likeness (QED) is 0.591. The van der Waals surface area contributed by atoms with E-state index in [1.54, 1.807) is 12.1 Å². The number of hydrogen-bond acceptors (Lipinski definition) is 5. The number of benzene rings is 2. The summed E-state index contributed by atoms with van der Waals surface area (Å²) in [7, 11) is 0. The van der Waals surface area contributed by atoms with Crippen LogP contribution in [0.15, 0.2) is 53.6 Å². The molecule has 8 heteroatoms. The van der Waals surface area contributed by atoms with Crippen molar-refractivity contribution < 1.29 is 14.0 Å². The molecule has 7 nitrogen and oxygen atoms in total. The van der Waals surface area contributed by atoms with Gasteiger partial charge in [0.05, 0.1) is 5.92 Å². The summed E-state index contributed by atoms with van der Waals surface area (Å²) in [4.78, 5) is 30.1. The number of rotatable bonds is 8. The van der Waals surface area contributed by atoms with Gasteiger partial charge in [0, 0.05) is 32.0 Å². The fraction of sp³-hybridized carbons (Fsp3) is 0.464. The molecule has 1 aliphatic carbocycles. The molecule has 3 atom stereocenters. The number of amidine groups is 1. The Hall–Kier alpha value is -3.42. The molecule has 3 unspecified atom stereocenters. The molecular weight excluding hydrogens is 457 g/mol. The fourth-order valence-corrected chi connectivity index (χ4v) is 5.60. The molecule has 2 N–H and O–H groups in total. The first-order chi connectivity index (χ1) is 17.5. The van der Waals surface area contributed by atoms with Gasteiger partial charge in [0.15, 0.2) is 6.29 Å². The first kappa shape index (κ1) is 24.3. The van der Waals surface area contributed by atoms with Gasteiger partial charge in [0.1, 0.15) is 11.7 Å². The topological polar surface area (TPSA) is 77.0 Å². The van der Waals surface area contributed by atoms with Gasteiger partial charge in [0.25, 0.3) is 0 Å². The highest BCUT2D eigenvalue weighted by atomic mass is 19.1. The third-order valence-electron chi connectivity index (χ3n) is 7.55. The Morgan fingerprint density at radius 1 is 1.06 bits per heavy atom. The molecule has 5 rings (SSSR count). The van der Waals surface area contributed by atoms with Crippen LogP contribution >= 0.6 is 0 Å². The summed E-state index contributed by atoms with van der Waals surface area (Å²) in [5.74, 6) is 0.596. The molecule has 3 aliphatic rings. The monoisotopic (exact) mass is 491 g/mol. The molecule has 190 valence electrons. The van der Waals surface area contributed by atoms with E-state index in [0.717, 1.165) is 43.5 Å². The van der Waals surface area contributed by atoms with Gasteiger partial charge in [-0.25, -0.2) is 4.39 Å². The van der Waals surface area contributed by atoms with E-state index in [0.29, 0.717) is 25.9 Å². The number of amides is 2. The lowest BCUT2D eigenvalue weighted by atomic mass is 9.80. The Morgan fingerprint density at radius 3 is 2.56 bits per heavy atom. The number of nitrogens with zero attached hydrogens (tertiary/aromatic N) is 3. The highest BCUT2D eigenvalue weighted by molar-refractivity contribution is 5.91. The Kier molecular flexibility index (Phi) is 7.20. The van der Waals surface area contributed by atoms with Crippen molar-refractivity contribution in [3.05, 3.63) is 71.0 Å². The summed E-state index contributed by atoms with van der Waals surface area (Å²) in [6, 6.07) is 14.7. The molecule has 1 saturated carbocycles. The normalized spacial score (nSPS) is 23.0. The minimum Gasteiger partial charge on any atom is -0.356 e. The summed E-state index contributed by atoms with van der Waals surface area (Å²) in [6.45, 7) is 3.05. The van der Waals surface area contributed by atoms with Gasteiger partial charge in [-0.3, -0.25) is 19.9 Å². The van der Waals surface area contributed by atoms with Crippen molar-refractivity contribution in [3.8, 4) is 0 Å². The molecule has 2 fully saturated rings. The maximum Gasteiger partial charge on any atom is 0.231 e. The highest BCUT2D eigenvalue weighted by Crippen LogP contribution is 2.38. The van der Waals surface area contributed by atoms with Crippen molar-refractivity contribution in [3.63, 3.8) is 0 Å². The van der Waals surface area contributed by atoms with Gasteiger partial charge in [-0.15, -0.1) is 0 Å². The molecule has 2 aromatic rings. The maximum atomic E-state index is 13.5. The molecule has 36 heavy (non-hydrogen) atoms. The number of aryl methyl sites for hydroxylation is 1. The average molecular weight is 492 g/mol. The van der Waals surface area contributed by atoms with Crippen molar-refractivity contribution in [2.75, 3.05) is 6.54 Å². The van der Waals surface area contributed by atoms with Crippen molar-refractivity contribution in [2.45, 2.75) is 70.7 Å². The molecular formula is C28H34FN5O2. The Bertz CT molecular complexity index is 1120. The van der Waals surface area contributed by atoms with Crippen LogP contribution in [0.3, 0.4) is 0 Å². The van der Waals surface area contributed by atoms with Crippen molar-refractivity contribution >= 4 is 17.6 Å². The first-order valence-electron chi connectivity index (χ1n) is 13.0. The lowest BCUT2D eigenvalue weighted by Gasteiger charge is -2.50. The molecule has 2 aliphatic heterocycles. The molecule has 0 aromatic heterocycles. The van der Waals surface area contributed by atoms with Gasteiger partial charge >= 0.3 is 0 Å². The van der Waals surface area contributed by atoms with Gasteiger partial charge in [-0.1, -0.05) is 54.8 Å². The van der Waals surface area contributed by atoms with Crippen LogP contribution in [-0.2, 0) is 22.6 Å². The van der Waals surface area contributed by atoms with Gasteiger partial charge in [-0.05, 0) is 49.4 Å². The van der Waals surface area contributed by atoms with Crippen molar-refractivity contribution in [1.29, 1.82) is 0 Å². The third kappa shape index (κ3) is 5.22. The Balaban J connectivity index is 1.21. The van der Waals surface area contributed by atoms with E-state index in [-0.39, 0.29) is 35.9 Å². The van der Waals surface area contributed by atoms with Crippen molar-refractivity contribution in [2.24, 2.45) is 11.0 Å². The van der Waals surface area contributed by atoms with E-state index in [4.69, 9.17) is 0 Å². The van der Waals surface area contributed by atoms with Gasteiger partial charge in [0.2, 0.25) is 11.8 Å². The lowest BCUT2D eigenvalue weighted by molar-refractivity contribution is -0.156. The van der Waals surface area contributed by atoms with E-state index in [1.807, 2.05) is 4.90 Å². The molecule has 0 bridgehead atoms. The number of hydrazone groups is 1. The van der Waals surface area contributed by atoms with Crippen LogP contribution in [0.1, 0.15) is 55.2 Å². The van der Waals surface area contributed by atoms with Crippen LogP contribution in [0.2, 0.25) is 0 Å². The lowest BCUT2D eigenvalue weighted by Crippen LogP contribution is -2.67. The zero-order valence-electron chi connectivity index (χ0n) is 20.8. The second-order valence-electron chi connectivity index (χ2n) is 10.1. The summed E-state index contributed by atoms with van der Waals surface area (Å²) in [5, 5.41) is 7.60. The second-order valence-corrected chi connectivity index (χ2v) is 10.1. The van der Waals surface area contributed by atoms with Crippen LogP contribution in [0.5, 0.6) is 0 Å². The largest absolute Gasteiger partial charge is 0.356 e. The van der Waals surface area contributed by atoms with Crippen LogP contribution in [0.4, 0.5) is 4.39 Å². The predicted octanol–water partition coefficient (Wildman–Crippen LogP) is 3.68. The predicted molar refractivity (Wildman–Crippen MR) is 136 cm³/mol. The van der Waals surface area contributed by atoms with E-state index in [2.05, 4.69) is 51.9 Å². The molecule has 2 amide bonds. The zero-order valence-corrected chi connectivity index (χ0v) is 20.8. The summed E-state index contributed by atoms with van der Waals surface area (Å²) < 4.78 is 13.4. The number of fused-ring (bicyclic) bond motifs is 3. The number of halogens is 1. The number of nitrogens with one attached hydrogen (secondary N) is 2. The minimum atomic E-state index is -0.374. The van der Waals surface area contributed by atoms with Gasteiger partial charge < -0.3 is 10.2 Å². The summed E-state index contributed by atoms with van der Waals surface area (Å²) in [5.41, 5.74) is 6.47. The first-order valence-corrected chi connectivity index (χ1v) is 13.0. The Morgan fingerprint density at radius 2 is 1.78 bits per heavy atom. The molecule has 2 heterocycles. The van der Waals surface area contributed by atoms with E-state index in [9.17, 15) is 14.0 Å². The molecule has 2 aromatic carbocycles. The second kappa shape index (κ2) is 10.7. The standard InChI is InChI=1S/C28H34FN5O2/c1-19-6-8-20(9-7-19)16-17-30-26(35)15-14-25-31-32-28-33(18-21-10-12-22(29)13-11-21)27(36)23-4-2-3-5-24(23)34(25)28/h6-13,23-24,28,32H,2-5,14-18H2,1H3,(H,30,35). The average Bonchev–Trinajstić information content (AvgIpc) is 3.32. The van der Waals surface area contributed by atoms with Crippen molar-refractivity contribution in [1.82, 2.24) is 20.5 Å². The molecule has 0 radical (unpaired) electrons. The van der Waals surface area contributed by atoms with Crippen LogP contribution < -0.4 is 10.7 Å². The van der Waals surface area contributed by atoms with E-state index in [1.165, 1.54) is 23.3 Å². The van der Waals surface area contributed by atoms with Crippen LogP contribution in [0, 0.1) is 18.7 Å². The zero-order chi connectivity index (χ0) is 25.1. The maximum absolute atomic E-state index is 13.5. The smallest absolute Gasteiger partial charge is 0.231 e. The third-order valence-corrected chi connectivity index (χ3v) is 7.55. The van der Waals surface area contributed by atoms with E-state index < -0.39 is 0 Å². The molecule has 1 saturated heterocycles. The highest BCUT2D eigenvalue weighted by Gasteiger charge is 2.50. The van der Waals surface area contributed by atoms with E-state index >= 15 is 0 Å². The van der Waals surface area contributed by atoms with Crippen LogP contribution in [-0.4, -0.2) is 46.3 Å². The number of carbonyl (C=O) groups excluding carboxylic acids is 2. The van der Waals surface area contributed by atoms with Crippen LogP contribution in [0.25, 0.3) is 0 Å².